The molecular weight excluding hydrogens is 312 g/mol. The maximum Gasteiger partial charge on any atom is 0.118 e. The van der Waals surface area contributed by atoms with Gasteiger partial charge in [-0.05, 0) is 49.6 Å². The van der Waals surface area contributed by atoms with Crippen molar-refractivity contribution in [2.75, 3.05) is 7.11 Å². The first-order chi connectivity index (χ1) is 12.2. The predicted molar refractivity (Wildman–Crippen MR) is 99.7 cm³/mol. The first kappa shape index (κ1) is 17.5. The number of ether oxygens (including phenoxy) is 1. The summed E-state index contributed by atoms with van der Waals surface area (Å²) in [5, 5.41) is 13.4. The summed E-state index contributed by atoms with van der Waals surface area (Å²) in [6.45, 7) is 1.96. The van der Waals surface area contributed by atoms with Crippen LogP contribution in [0.4, 0.5) is 0 Å². The van der Waals surface area contributed by atoms with Crippen LogP contribution in [0.3, 0.4) is 0 Å². The van der Waals surface area contributed by atoms with E-state index < -0.39 is 0 Å². The lowest BCUT2D eigenvalue weighted by Gasteiger charge is -2.38. The molecule has 0 unspecified atom stereocenters. The van der Waals surface area contributed by atoms with E-state index in [4.69, 9.17) is 4.74 Å². The van der Waals surface area contributed by atoms with Gasteiger partial charge in [-0.2, -0.15) is 0 Å². The summed E-state index contributed by atoms with van der Waals surface area (Å²) in [5.41, 5.74) is 3.95. The molecule has 4 heteroatoms. The molecule has 1 saturated carbocycles. The van der Waals surface area contributed by atoms with E-state index in [1.165, 1.54) is 24.8 Å². The van der Waals surface area contributed by atoms with E-state index in [2.05, 4.69) is 22.3 Å². The van der Waals surface area contributed by atoms with E-state index in [0.717, 1.165) is 42.0 Å². The normalized spacial score (nSPS) is 17.3. The van der Waals surface area contributed by atoms with Crippen molar-refractivity contribution >= 4 is 5.71 Å². The summed E-state index contributed by atoms with van der Waals surface area (Å²) in [4.78, 5) is 4.25. The van der Waals surface area contributed by atoms with Gasteiger partial charge in [-0.1, -0.05) is 36.6 Å². The molecule has 0 atom stereocenters. The van der Waals surface area contributed by atoms with Gasteiger partial charge in [-0.15, -0.1) is 0 Å². The molecule has 0 aliphatic heterocycles. The van der Waals surface area contributed by atoms with Crippen LogP contribution in [0.1, 0.15) is 55.3 Å². The number of aromatic nitrogens is 1. The Morgan fingerprint density at radius 2 is 1.88 bits per heavy atom. The molecule has 4 nitrogen and oxygen atoms in total. The Hall–Kier alpha value is -2.36. The van der Waals surface area contributed by atoms with Gasteiger partial charge < -0.3 is 9.94 Å². The number of benzene rings is 1. The quantitative estimate of drug-likeness (QED) is 0.481. The van der Waals surface area contributed by atoms with Gasteiger partial charge in [0.25, 0.3) is 0 Å². The first-order valence-electron chi connectivity index (χ1n) is 8.95. The zero-order valence-corrected chi connectivity index (χ0v) is 15.0. The second kappa shape index (κ2) is 7.68. The van der Waals surface area contributed by atoms with Crippen molar-refractivity contribution in [2.24, 2.45) is 5.16 Å². The molecule has 3 rings (SSSR count). The fourth-order valence-corrected chi connectivity index (χ4v) is 3.98. The third-order valence-corrected chi connectivity index (χ3v) is 5.37. The summed E-state index contributed by atoms with van der Waals surface area (Å²) in [5.74, 6) is 0.871. The second-order valence-corrected chi connectivity index (χ2v) is 6.98. The Balaban J connectivity index is 1.94. The Morgan fingerprint density at radius 3 is 2.48 bits per heavy atom. The Morgan fingerprint density at radius 1 is 1.16 bits per heavy atom. The van der Waals surface area contributed by atoms with Gasteiger partial charge in [0.1, 0.15) is 5.75 Å². The lowest BCUT2D eigenvalue weighted by Crippen LogP contribution is -2.32. The highest BCUT2D eigenvalue weighted by Crippen LogP contribution is 2.43. The molecule has 1 aliphatic rings. The fourth-order valence-electron chi connectivity index (χ4n) is 3.98. The van der Waals surface area contributed by atoms with Gasteiger partial charge in [-0.3, -0.25) is 4.98 Å². The highest BCUT2D eigenvalue weighted by Gasteiger charge is 2.35. The van der Waals surface area contributed by atoms with Crippen molar-refractivity contribution in [1.82, 2.24) is 4.98 Å². The SMILES string of the molecule is COc1ccc(C2(CC(=NO)c3ccnc(C)c3)CCCCC2)cc1. The van der Waals surface area contributed by atoms with Gasteiger partial charge in [0.05, 0.1) is 12.8 Å². The minimum Gasteiger partial charge on any atom is -0.497 e. The van der Waals surface area contributed by atoms with Crippen LogP contribution in [0.5, 0.6) is 5.75 Å². The standard InChI is InChI=1S/C21H26N2O2/c1-16-14-17(10-13-22-16)20(23-24)15-21(11-4-3-5-12-21)18-6-8-19(25-2)9-7-18/h6-10,13-14,24H,3-5,11-12,15H2,1-2H3. The van der Waals surface area contributed by atoms with Crippen LogP contribution in [0.15, 0.2) is 47.8 Å². The average Bonchev–Trinajstić information content (AvgIpc) is 2.67. The molecular formula is C21H26N2O2. The van der Waals surface area contributed by atoms with E-state index in [9.17, 15) is 5.21 Å². The first-order valence-corrected chi connectivity index (χ1v) is 8.95. The zero-order chi connectivity index (χ0) is 17.7. The largest absolute Gasteiger partial charge is 0.497 e. The van der Waals surface area contributed by atoms with Gasteiger partial charge in [-0.25, -0.2) is 0 Å². The minimum atomic E-state index is 0.0171. The number of hydrogen-bond acceptors (Lipinski definition) is 4. The number of aryl methyl sites for hydroxylation is 1. The summed E-state index contributed by atoms with van der Waals surface area (Å²) in [7, 11) is 1.69. The van der Waals surface area contributed by atoms with Crippen LogP contribution in [0.2, 0.25) is 0 Å². The maximum absolute atomic E-state index is 9.69. The number of rotatable bonds is 5. The van der Waals surface area contributed by atoms with Gasteiger partial charge >= 0.3 is 0 Å². The van der Waals surface area contributed by atoms with Crippen LogP contribution in [-0.2, 0) is 5.41 Å². The summed E-state index contributed by atoms with van der Waals surface area (Å²) in [6, 6.07) is 12.3. The molecule has 0 saturated heterocycles. The van der Waals surface area contributed by atoms with E-state index >= 15 is 0 Å². The highest BCUT2D eigenvalue weighted by atomic mass is 16.5. The lowest BCUT2D eigenvalue weighted by molar-refractivity contribution is 0.288. The van der Waals surface area contributed by atoms with Crippen molar-refractivity contribution in [3.8, 4) is 5.75 Å². The molecule has 0 bridgehead atoms. The zero-order valence-electron chi connectivity index (χ0n) is 15.0. The third-order valence-electron chi connectivity index (χ3n) is 5.37. The van der Waals surface area contributed by atoms with E-state index in [1.807, 2.05) is 31.2 Å². The molecule has 1 heterocycles. The summed E-state index contributed by atoms with van der Waals surface area (Å²) in [6.07, 6.45) is 8.43. The summed E-state index contributed by atoms with van der Waals surface area (Å²) < 4.78 is 5.30. The number of oxime groups is 1. The minimum absolute atomic E-state index is 0.0171. The lowest BCUT2D eigenvalue weighted by atomic mass is 9.66. The van der Waals surface area contributed by atoms with Crippen molar-refractivity contribution in [1.29, 1.82) is 0 Å². The van der Waals surface area contributed by atoms with Crippen LogP contribution in [0.25, 0.3) is 0 Å². The van der Waals surface area contributed by atoms with Crippen molar-refractivity contribution in [3.05, 3.63) is 59.4 Å². The summed E-state index contributed by atoms with van der Waals surface area (Å²) >= 11 is 0. The van der Waals surface area contributed by atoms with Crippen molar-refractivity contribution < 1.29 is 9.94 Å². The second-order valence-electron chi connectivity index (χ2n) is 6.98. The molecule has 0 amide bonds. The van der Waals surface area contributed by atoms with E-state index in [-0.39, 0.29) is 5.41 Å². The van der Waals surface area contributed by atoms with Crippen molar-refractivity contribution in [3.63, 3.8) is 0 Å². The Bertz CT molecular complexity index is 732. The highest BCUT2D eigenvalue weighted by molar-refractivity contribution is 6.01. The molecule has 1 fully saturated rings. The van der Waals surface area contributed by atoms with Crippen LogP contribution in [0, 0.1) is 6.92 Å². The van der Waals surface area contributed by atoms with Gasteiger partial charge in [0.15, 0.2) is 0 Å². The average molecular weight is 338 g/mol. The molecule has 132 valence electrons. The topological polar surface area (TPSA) is 54.7 Å². The number of pyridine rings is 1. The number of hydrogen-bond donors (Lipinski definition) is 1. The molecule has 1 aliphatic carbocycles. The Kier molecular flexibility index (Phi) is 5.37. The monoisotopic (exact) mass is 338 g/mol. The molecule has 1 aromatic carbocycles. The third kappa shape index (κ3) is 3.84. The Labute approximate surface area is 149 Å². The van der Waals surface area contributed by atoms with E-state index in [0.29, 0.717) is 0 Å². The van der Waals surface area contributed by atoms with Crippen LogP contribution in [-0.4, -0.2) is 23.0 Å². The molecule has 0 radical (unpaired) electrons. The smallest absolute Gasteiger partial charge is 0.118 e. The molecule has 1 N–H and O–H groups in total. The number of nitrogens with zero attached hydrogens (tertiary/aromatic N) is 2. The van der Waals surface area contributed by atoms with Gasteiger partial charge in [0, 0.05) is 29.3 Å². The number of methoxy groups -OCH3 is 1. The van der Waals surface area contributed by atoms with Crippen LogP contribution >= 0.6 is 0 Å². The van der Waals surface area contributed by atoms with Crippen molar-refractivity contribution in [2.45, 2.75) is 50.9 Å². The molecule has 1 aromatic heterocycles. The molecule has 0 spiro atoms. The molecule has 25 heavy (non-hydrogen) atoms. The maximum atomic E-state index is 9.69. The molecule has 2 aromatic rings. The van der Waals surface area contributed by atoms with Crippen LogP contribution < -0.4 is 4.74 Å². The van der Waals surface area contributed by atoms with Gasteiger partial charge in [0.2, 0.25) is 0 Å². The predicted octanol–water partition coefficient (Wildman–Crippen LogP) is 4.87. The van der Waals surface area contributed by atoms with E-state index in [1.54, 1.807) is 13.3 Å². The fraction of sp³-hybridized carbons (Fsp3) is 0.429.